The van der Waals surface area contributed by atoms with Crippen LogP contribution >= 0.6 is 11.3 Å². The topological polar surface area (TPSA) is 54.0 Å². The minimum atomic E-state index is 0.0857. The number of nitrogens with one attached hydrogen (secondary N) is 2. The van der Waals surface area contributed by atoms with Gasteiger partial charge in [-0.2, -0.15) is 0 Å². The quantitative estimate of drug-likeness (QED) is 0.899. The highest BCUT2D eigenvalue weighted by molar-refractivity contribution is 7.13. The predicted octanol–water partition coefficient (Wildman–Crippen LogP) is 2.66. The summed E-state index contributed by atoms with van der Waals surface area (Å²) in [6, 6.07) is 1.53. The fraction of sp³-hybridized carbons (Fsp3) is 0.750. The third-order valence-corrected chi connectivity index (χ3v) is 5.43. The number of carbonyl (C=O) groups is 1. The number of aromatic nitrogens is 1. The zero-order valence-corrected chi connectivity index (χ0v) is 13.9. The van der Waals surface area contributed by atoms with Gasteiger partial charge in [-0.15, -0.1) is 11.3 Å². The molecule has 21 heavy (non-hydrogen) atoms. The van der Waals surface area contributed by atoms with Gasteiger partial charge in [0.1, 0.15) is 4.88 Å². The van der Waals surface area contributed by atoms with Crippen LogP contribution in [0.4, 0.5) is 0 Å². The van der Waals surface area contributed by atoms with Crippen molar-refractivity contribution in [3.05, 3.63) is 15.6 Å². The Morgan fingerprint density at radius 2 is 2.05 bits per heavy atom. The summed E-state index contributed by atoms with van der Waals surface area (Å²) in [5.74, 6) is 0.607. The van der Waals surface area contributed by atoms with Gasteiger partial charge in [0, 0.05) is 18.1 Å². The van der Waals surface area contributed by atoms with Crippen molar-refractivity contribution in [1.82, 2.24) is 15.6 Å². The van der Waals surface area contributed by atoms with E-state index in [4.69, 9.17) is 0 Å². The molecule has 2 aliphatic rings. The van der Waals surface area contributed by atoms with E-state index in [0.29, 0.717) is 24.0 Å². The van der Waals surface area contributed by atoms with E-state index in [9.17, 15) is 4.79 Å². The molecule has 3 rings (SSSR count). The van der Waals surface area contributed by atoms with E-state index >= 15 is 0 Å². The first-order valence-corrected chi connectivity index (χ1v) is 8.86. The number of nitrogens with zero attached hydrogens (tertiary/aromatic N) is 1. The first kappa shape index (κ1) is 15.0. The molecular weight excluding hydrogens is 282 g/mol. The largest absolute Gasteiger partial charge is 0.348 e. The van der Waals surface area contributed by atoms with Crippen LogP contribution < -0.4 is 10.6 Å². The van der Waals surface area contributed by atoms with Crippen LogP contribution in [0.15, 0.2) is 0 Å². The van der Waals surface area contributed by atoms with Gasteiger partial charge in [0.25, 0.3) is 5.91 Å². The molecule has 3 heterocycles. The van der Waals surface area contributed by atoms with Crippen LogP contribution in [-0.2, 0) is 6.42 Å². The summed E-state index contributed by atoms with van der Waals surface area (Å²) in [7, 11) is 0. The fourth-order valence-electron chi connectivity index (χ4n) is 3.60. The lowest BCUT2D eigenvalue weighted by molar-refractivity contribution is 0.0927. The number of thiazole rings is 1. The van der Waals surface area contributed by atoms with Crippen molar-refractivity contribution in [3.63, 3.8) is 0 Å². The molecule has 0 radical (unpaired) electrons. The Hall–Kier alpha value is -0.940. The number of fused-ring (bicyclic) bond motifs is 2. The zero-order valence-electron chi connectivity index (χ0n) is 13.1. The molecule has 2 N–H and O–H groups in total. The van der Waals surface area contributed by atoms with Crippen LogP contribution in [0.5, 0.6) is 0 Å². The molecule has 1 aromatic heterocycles. The average molecular weight is 307 g/mol. The van der Waals surface area contributed by atoms with Crippen molar-refractivity contribution in [2.45, 2.75) is 71.0 Å². The van der Waals surface area contributed by atoms with E-state index < -0.39 is 0 Å². The Morgan fingerprint density at radius 3 is 2.67 bits per heavy atom. The SMILES string of the molecule is Cc1nc(CC(C)C)c(C(=O)NC2CC3CCC(C2)N3)s1. The second-order valence-corrected chi connectivity index (χ2v) is 8.09. The Morgan fingerprint density at radius 1 is 1.38 bits per heavy atom. The smallest absolute Gasteiger partial charge is 0.263 e. The lowest BCUT2D eigenvalue weighted by atomic mass is 9.99. The average Bonchev–Trinajstić information content (AvgIpc) is 2.92. The Labute approximate surface area is 130 Å². The number of piperidine rings is 1. The first-order valence-electron chi connectivity index (χ1n) is 8.04. The molecule has 2 atom stereocenters. The number of amides is 1. The lowest BCUT2D eigenvalue weighted by Crippen LogP contribution is -2.48. The summed E-state index contributed by atoms with van der Waals surface area (Å²) in [6.07, 6.45) is 5.54. The minimum absolute atomic E-state index is 0.0857. The number of carbonyl (C=O) groups excluding carboxylic acids is 1. The van der Waals surface area contributed by atoms with Gasteiger partial charge in [-0.25, -0.2) is 4.98 Å². The van der Waals surface area contributed by atoms with Gasteiger partial charge in [0.05, 0.1) is 10.7 Å². The predicted molar refractivity (Wildman–Crippen MR) is 85.8 cm³/mol. The Kier molecular flexibility index (Phi) is 4.31. The minimum Gasteiger partial charge on any atom is -0.348 e. The van der Waals surface area contributed by atoms with Crippen molar-refractivity contribution in [3.8, 4) is 0 Å². The molecule has 0 aromatic carbocycles. The van der Waals surface area contributed by atoms with Crippen LogP contribution in [0, 0.1) is 12.8 Å². The maximum absolute atomic E-state index is 12.6. The van der Waals surface area contributed by atoms with Crippen LogP contribution in [0.3, 0.4) is 0 Å². The van der Waals surface area contributed by atoms with Gasteiger partial charge in [-0.1, -0.05) is 13.8 Å². The van der Waals surface area contributed by atoms with E-state index in [0.717, 1.165) is 34.8 Å². The lowest BCUT2D eigenvalue weighted by Gasteiger charge is -2.29. The highest BCUT2D eigenvalue weighted by Crippen LogP contribution is 2.27. The molecule has 0 aliphatic carbocycles. The third-order valence-electron chi connectivity index (χ3n) is 4.42. The maximum atomic E-state index is 12.6. The van der Waals surface area contributed by atoms with Crippen molar-refractivity contribution >= 4 is 17.2 Å². The molecule has 0 spiro atoms. The molecule has 116 valence electrons. The standard InChI is InChI=1S/C16H25N3OS/c1-9(2)6-14-15(21-10(3)17-14)16(20)19-13-7-11-4-5-12(8-13)18-11/h9,11-13,18H,4-8H2,1-3H3,(H,19,20). The summed E-state index contributed by atoms with van der Waals surface area (Å²) in [5, 5.41) is 7.86. The molecule has 2 unspecified atom stereocenters. The van der Waals surface area contributed by atoms with Gasteiger partial charge >= 0.3 is 0 Å². The Bertz CT molecular complexity index is 514. The highest BCUT2D eigenvalue weighted by Gasteiger charge is 2.34. The number of rotatable bonds is 4. The molecule has 4 nitrogen and oxygen atoms in total. The summed E-state index contributed by atoms with van der Waals surface area (Å²) < 4.78 is 0. The van der Waals surface area contributed by atoms with Crippen LogP contribution in [0.25, 0.3) is 0 Å². The first-order chi connectivity index (χ1) is 10.0. The monoisotopic (exact) mass is 307 g/mol. The molecule has 1 amide bonds. The third kappa shape index (κ3) is 3.46. The van der Waals surface area contributed by atoms with Crippen LogP contribution in [0.2, 0.25) is 0 Å². The number of hydrogen-bond donors (Lipinski definition) is 2. The van der Waals surface area contributed by atoms with Gasteiger partial charge in [0.2, 0.25) is 0 Å². The van der Waals surface area contributed by atoms with E-state index in [1.54, 1.807) is 0 Å². The van der Waals surface area contributed by atoms with Gasteiger partial charge in [-0.3, -0.25) is 4.79 Å². The van der Waals surface area contributed by atoms with Crippen molar-refractivity contribution in [2.24, 2.45) is 5.92 Å². The normalized spacial score (nSPS) is 28.1. The molecule has 5 heteroatoms. The fourth-order valence-corrected chi connectivity index (χ4v) is 4.45. The molecule has 2 saturated heterocycles. The summed E-state index contributed by atoms with van der Waals surface area (Å²) >= 11 is 1.53. The van der Waals surface area contributed by atoms with Gasteiger partial charge < -0.3 is 10.6 Å². The van der Waals surface area contributed by atoms with Gasteiger partial charge in [-0.05, 0) is 44.9 Å². The van der Waals surface area contributed by atoms with E-state index in [2.05, 4.69) is 29.5 Å². The molecule has 2 aliphatic heterocycles. The Balaban J connectivity index is 1.67. The molecule has 1 aromatic rings. The summed E-state index contributed by atoms with van der Waals surface area (Å²) in [6.45, 7) is 6.32. The van der Waals surface area contributed by atoms with E-state index in [1.165, 1.54) is 24.2 Å². The van der Waals surface area contributed by atoms with E-state index in [1.807, 2.05) is 6.92 Å². The zero-order chi connectivity index (χ0) is 15.0. The van der Waals surface area contributed by atoms with Crippen molar-refractivity contribution in [1.29, 1.82) is 0 Å². The molecule has 0 saturated carbocycles. The second-order valence-electron chi connectivity index (χ2n) is 6.89. The van der Waals surface area contributed by atoms with Crippen LogP contribution in [0.1, 0.15) is 59.9 Å². The van der Waals surface area contributed by atoms with Crippen molar-refractivity contribution < 1.29 is 4.79 Å². The second kappa shape index (κ2) is 6.05. The van der Waals surface area contributed by atoms with Crippen LogP contribution in [-0.4, -0.2) is 29.0 Å². The van der Waals surface area contributed by atoms with Crippen molar-refractivity contribution in [2.75, 3.05) is 0 Å². The van der Waals surface area contributed by atoms with Gasteiger partial charge in [0.15, 0.2) is 0 Å². The van der Waals surface area contributed by atoms with E-state index in [-0.39, 0.29) is 5.91 Å². The molecule has 2 fully saturated rings. The molecular formula is C16H25N3OS. The molecule has 2 bridgehead atoms. The summed E-state index contributed by atoms with van der Waals surface area (Å²) in [5.41, 5.74) is 0.974. The maximum Gasteiger partial charge on any atom is 0.263 e. The number of aryl methyl sites for hydroxylation is 1. The highest BCUT2D eigenvalue weighted by atomic mass is 32.1. The summed E-state index contributed by atoms with van der Waals surface area (Å²) in [4.78, 5) is 18.0. The number of hydrogen-bond acceptors (Lipinski definition) is 4.